The Morgan fingerprint density at radius 1 is 1.00 bits per heavy atom. The van der Waals surface area contributed by atoms with E-state index in [-0.39, 0.29) is 0 Å². The van der Waals surface area contributed by atoms with E-state index in [4.69, 9.17) is 9.47 Å². The number of ether oxygens (including phenoxy) is 2. The molecule has 2 heterocycles. The van der Waals surface area contributed by atoms with E-state index in [0.717, 1.165) is 44.1 Å². The summed E-state index contributed by atoms with van der Waals surface area (Å²) in [5, 5.41) is 3.42. The third-order valence-electron chi connectivity index (χ3n) is 4.52. The van der Waals surface area contributed by atoms with Crippen molar-refractivity contribution in [3.63, 3.8) is 0 Å². The predicted molar refractivity (Wildman–Crippen MR) is 113 cm³/mol. The van der Waals surface area contributed by atoms with Crippen LogP contribution in [0.4, 0.5) is 5.82 Å². The summed E-state index contributed by atoms with van der Waals surface area (Å²) >= 11 is 3.48. The minimum absolute atomic E-state index is 0.560. The molecule has 4 rings (SSSR count). The van der Waals surface area contributed by atoms with Gasteiger partial charge in [-0.15, -0.1) is 0 Å². The number of halogens is 1. The van der Waals surface area contributed by atoms with Crippen LogP contribution in [-0.2, 0) is 6.54 Å². The maximum atomic E-state index is 5.49. The van der Waals surface area contributed by atoms with Gasteiger partial charge in [0.15, 0.2) is 5.82 Å². The highest BCUT2D eigenvalue weighted by molar-refractivity contribution is 9.10. The molecule has 142 valence electrons. The Morgan fingerprint density at radius 3 is 2.57 bits per heavy atom. The molecule has 0 aliphatic rings. The number of fused-ring (bicyclic) bond motifs is 1. The topological polar surface area (TPSA) is 61.2 Å². The van der Waals surface area contributed by atoms with E-state index < -0.39 is 0 Å². The highest BCUT2D eigenvalue weighted by atomic mass is 79.9. The van der Waals surface area contributed by atoms with Crippen molar-refractivity contribution >= 4 is 32.8 Å². The Bertz CT molecular complexity index is 1110. The molecule has 0 bridgehead atoms. The van der Waals surface area contributed by atoms with Crippen molar-refractivity contribution in [3.8, 4) is 17.2 Å². The van der Waals surface area contributed by atoms with Crippen LogP contribution in [0.25, 0.3) is 16.7 Å². The van der Waals surface area contributed by atoms with Crippen LogP contribution in [0.3, 0.4) is 0 Å². The smallest absolute Gasteiger partial charge is 0.154 e. The monoisotopic (exact) mass is 438 g/mol. The second kappa shape index (κ2) is 7.90. The van der Waals surface area contributed by atoms with Gasteiger partial charge in [-0.05, 0) is 42.5 Å². The summed E-state index contributed by atoms with van der Waals surface area (Å²) in [6.07, 6.45) is 3.57. The second-order valence-electron chi connectivity index (χ2n) is 6.15. The van der Waals surface area contributed by atoms with Gasteiger partial charge in [0, 0.05) is 34.5 Å². The number of benzene rings is 2. The summed E-state index contributed by atoms with van der Waals surface area (Å²) in [6.45, 7) is 0.560. The Hall–Kier alpha value is -3.06. The minimum Gasteiger partial charge on any atom is -0.497 e. The maximum Gasteiger partial charge on any atom is 0.154 e. The van der Waals surface area contributed by atoms with Gasteiger partial charge in [-0.3, -0.25) is 0 Å². The lowest BCUT2D eigenvalue weighted by molar-refractivity contribution is 0.391. The van der Waals surface area contributed by atoms with Crippen molar-refractivity contribution < 1.29 is 9.47 Å². The molecule has 0 radical (unpaired) electrons. The van der Waals surface area contributed by atoms with Crippen LogP contribution in [0.15, 0.2) is 65.5 Å². The van der Waals surface area contributed by atoms with Crippen molar-refractivity contribution in [2.24, 2.45) is 0 Å². The molecule has 7 heteroatoms. The lowest BCUT2D eigenvalue weighted by atomic mass is 10.2. The number of methoxy groups -OCH3 is 2. The summed E-state index contributed by atoms with van der Waals surface area (Å²) in [6, 6.07) is 15.9. The molecule has 28 heavy (non-hydrogen) atoms. The average molecular weight is 439 g/mol. The molecule has 1 N–H and O–H groups in total. The highest BCUT2D eigenvalue weighted by Gasteiger charge is 2.12. The van der Waals surface area contributed by atoms with Gasteiger partial charge in [-0.1, -0.05) is 15.9 Å². The highest BCUT2D eigenvalue weighted by Crippen LogP contribution is 2.28. The summed E-state index contributed by atoms with van der Waals surface area (Å²) in [7, 11) is 3.29. The summed E-state index contributed by atoms with van der Waals surface area (Å²) in [5.41, 5.74) is 3.86. The molecule has 0 unspecified atom stereocenters. The van der Waals surface area contributed by atoms with Crippen molar-refractivity contribution in [1.82, 2.24) is 14.5 Å². The van der Waals surface area contributed by atoms with Gasteiger partial charge >= 0.3 is 0 Å². The van der Waals surface area contributed by atoms with E-state index >= 15 is 0 Å². The van der Waals surface area contributed by atoms with Crippen LogP contribution in [0, 0.1) is 0 Å². The molecule has 0 aliphatic carbocycles. The number of nitrogens with one attached hydrogen (secondary N) is 1. The first-order chi connectivity index (χ1) is 13.7. The minimum atomic E-state index is 0.560. The van der Waals surface area contributed by atoms with Crippen LogP contribution in [-0.4, -0.2) is 28.8 Å². The van der Waals surface area contributed by atoms with Gasteiger partial charge in [0.25, 0.3) is 0 Å². The van der Waals surface area contributed by atoms with Crippen molar-refractivity contribution in [3.05, 3.63) is 71.1 Å². The van der Waals surface area contributed by atoms with E-state index in [0.29, 0.717) is 6.54 Å². The quantitative estimate of drug-likeness (QED) is 0.467. The fourth-order valence-electron chi connectivity index (χ4n) is 3.09. The Balaban J connectivity index is 1.68. The fourth-order valence-corrected chi connectivity index (χ4v) is 3.36. The molecule has 4 aromatic rings. The van der Waals surface area contributed by atoms with Gasteiger partial charge in [0.2, 0.25) is 0 Å². The molecule has 0 amide bonds. The number of nitrogens with zero attached hydrogens (tertiary/aromatic N) is 3. The van der Waals surface area contributed by atoms with E-state index in [9.17, 15) is 0 Å². The Morgan fingerprint density at radius 2 is 1.82 bits per heavy atom. The molecule has 0 saturated heterocycles. The SMILES string of the molecule is COc1ccc(CNc2ncnc3ccn(-c4ccc(Br)cc4)c23)c(OC)c1. The Kier molecular flexibility index (Phi) is 5.16. The molecule has 6 nitrogen and oxygen atoms in total. The molecule has 0 atom stereocenters. The molecule has 0 spiro atoms. The zero-order valence-electron chi connectivity index (χ0n) is 15.5. The van der Waals surface area contributed by atoms with Gasteiger partial charge in [0.05, 0.1) is 19.7 Å². The van der Waals surface area contributed by atoms with Crippen LogP contribution < -0.4 is 14.8 Å². The van der Waals surface area contributed by atoms with E-state index in [1.54, 1.807) is 20.5 Å². The largest absolute Gasteiger partial charge is 0.497 e. The standard InChI is InChI=1S/C21H19BrN4O2/c1-27-17-8-3-14(19(11-17)28-2)12-23-21-20-18(24-13-25-21)9-10-26(20)16-6-4-15(22)5-7-16/h3-11,13H,12H2,1-2H3,(H,23,24,25). The van der Waals surface area contributed by atoms with Crippen LogP contribution in [0.2, 0.25) is 0 Å². The number of hydrogen-bond donors (Lipinski definition) is 1. The molecule has 0 aliphatic heterocycles. The number of anilines is 1. The van der Waals surface area contributed by atoms with Crippen molar-refractivity contribution in [1.29, 1.82) is 0 Å². The molecule has 0 fully saturated rings. The molecule has 2 aromatic heterocycles. The summed E-state index contributed by atoms with van der Waals surface area (Å²) in [4.78, 5) is 8.86. The molecule has 0 saturated carbocycles. The van der Waals surface area contributed by atoms with E-state index in [1.807, 2.05) is 54.7 Å². The second-order valence-corrected chi connectivity index (χ2v) is 7.07. The average Bonchev–Trinajstić information content (AvgIpc) is 3.17. The first-order valence-electron chi connectivity index (χ1n) is 8.72. The first kappa shape index (κ1) is 18.3. The van der Waals surface area contributed by atoms with Crippen molar-refractivity contribution in [2.75, 3.05) is 19.5 Å². The fraction of sp³-hybridized carbons (Fsp3) is 0.143. The van der Waals surface area contributed by atoms with Gasteiger partial charge in [-0.25, -0.2) is 9.97 Å². The van der Waals surface area contributed by atoms with Crippen molar-refractivity contribution in [2.45, 2.75) is 6.54 Å². The maximum absolute atomic E-state index is 5.49. The third kappa shape index (κ3) is 3.53. The molecule has 2 aromatic carbocycles. The number of aromatic nitrogens is 3. The summed E-state index contributed by atoms with van der Waals surface area (Å²) < 4.78 is 13.9. The normalized spacial score (nSPS) is 10.8. The van der Waals surface area contributed by atoms with E-state index in [2.05, 4.69) is 35.8 Å². The molecular weight excluding hydrogens is 420 g/mol. The lowest BCUT2D eigenvalue weighted by Gasteiger charge is -2.13. The number of rotatable bonds is 6. The van der Waals surface area contributed by atoms with Gasteiger partial charge in [-0.2, -0.15) is 0 Å². The van der Waals surface area contributed by atoms with Gasteiger partial charge in [0.1, 0.15) is 23.3 Å². The van der Waals surface area contributed by atoms with Crippen LogP contribution >= 0.6 is 15.9 Å². The Labute approximate surface area is 171 Å². The lowest BCUT2D eigenvalue weighted by Crippen LogP contribution is -2.06. The first-order valence-corrected chi connectivity index (χ1v) is 9.51. The number of hydrogen-bond acceptors (Lipinski definition) is 5. The van der Waals surface area contributed by atoms with Gasteiger partial charge < -0.3 is 19.4 Å². The zero-order valence-corrected chi connectivity index (χ0v) is 17.1. The van der Waals surface area contributed by atoms with Crippen LogP contribution in [0.1, 0.15) is 5.56 Å². The zero-order chi connectivity index (χ0) is 19.5. The van der Waals surface area contributed by atoms with Crippen LogP contribution in [0.5, 0.6) is 11.5 Å². The predicted octanol–water partition coefficient (Wildman–Crippen LogP) is 4.81. The van der Waals surface area contributed by atoms with E-state index in [1.165, 1.54) is 0 Å². The third-order valence-corrected chi connectivity index (χ3v) is 5.05. The summed E-state index contributed by atoms with van der Waals surface area (Å²) in [5.74, 6) is 2.28. The molecular formula is C21H19BrN4O2.